The van der Waals surface area contributed by atoms with Crippen LogP contribution in [0.3, 0.4) is 0 Å². The van der Waals surface area contributed by atoms with Gasteiger partial charge in [0.2, 0.25) is 0 Å². The summed E-state index contributed by atoms with van der Waals surface area (Å²) in [5, 5.41) is 0. The van der Waals surface area contributed by atoms with Gasteiger partial charge in [-0.1, -0.05) is 6.58 Å². The topological polar surface area (TPSA) is 12.0 Å². The quantitative estimate of drug-likeness (QED) is 0.252. The highest BCUT2D eigenvalue weighted by atomic mass is 127. The maximum Gasteiger partial charge on any atom is 0.112 e. The molecule has 0 rings (SSSR count). The minimum atomic E-state index is -0.0828. The normalized spacial score (nSPS) is 13.6. The lowest BCUT2D eigenvalue weighted by Gasteiger charge is -2.02. The Labute approximate surface area is 62.6 Å². The van der Waals surface area contributed by atoms with Crippen molar-refractivity contribution in [1.82, 2.24) is 3.53 Å². The van der Waals surface area contributed by atoms with E-state index in [2.05, 4.69) is 10.1 Å². The average molecular weight is 231 g/mol. The smallest absolute Gasteiger partial charge is 0.112 e. The van der Waals surface area contributed by atoms with Gasteiger partial charge in [-0.2, -0.15) is 0 Å². The molecule has 0 spiro atoms. The fraction of sp³-hybridized carbons (Fsp3) is 0.500. The van der Waals surface area contributed by atoms with Crippen LogP contribution in [-0.2, 0) is 0 Å². The van der Waals surface area contributed by atoms with Crippen LogP contribution in [-0.4, -0.2) is 5.50 Å². The first-order chi connectivity index (χ1) is 3.18. The Morgan fingerprint density at radius 2 is 2.43 bits per heavy atom. The second-order valence-corrected chi connectivity index (χ2v) is 2.38. The lowest BCUT2D eigenvalue weighted by atomic mass is 10.4. The number of alkyl halides is 1. The van der Waals surface area contributed by atoms with Crippen LogP contribution in [0.4, 0.5) is 0 Å². The van der Waals surface area contributed by atoms with Gasteiger partial charge in [-0.3, -0.25) is 0 Å². The van der Waals surface area contributed by atoms with Crippen LogP contribution < -0.4 is 3.53 Å². The highest BCUT2D eigenvalue weighted by molar-refractivity contribution is 14.1. The molecule has 7 heavy (non-hydrogen) atoms. The number of hydrogen-bond acceptors (Lipinski definition) is 1. The highest BCUT2D eigenvalue weighted by Gasteiger charge is 1.97. The molecule has 1 nitrogen and oxygen atoms in total. The van der Waals surface area contributed by atoms with Gasteiger partial charge in [-0.15, -0.1) is 11.6 Å². The van der Waals surface area contributed by atoms with Gasteiger partial charge in [-0.25, -0.2) is 3.53 Å². The third-order valence-corrected chi connectivity index (χ3v) is 2.00. The summed E-state index contributed by atoms with van der Waals surface area (Å²) in [5.41, 5.74) is 0.858. The molecule has 0 aliphatic rings. The predicted molar refractivity (Wildman–Crippen MR) is 41.6 cm³/mol. The Bertz CT molecular complexity index is 74.1. The van der Waals surface area contributed by atoms with Gasteiger partial charge in [0.25, 0.3) is 0 Å². The number of halogens is 2. The fourth-order valence-electron chi connectivity index (χ4n) is 0.0931. The van der Waals surface area contributed by atoms with Crippen molar-refractivity contribution in [2.75, 3.05) is 0 Å². The molecule has 42 valence electrons. The van der Waals surface area contributed by atoms with Crippen LogP contribution >= 0.6 is 34.5 Å². The van der Waals surface area contributed by atoms with E-state index < -0.39 is 0 Å². The molecule has 0 bridgehead atoms. The van der Waals surface area contributed by atoms with E-state index in [1.165, 1.54) is 0 Å². The average Bonchev–Trinajstić information content (AvgIpc) is 1.65. The van der Waals surface area contributed by atoms with E-state index in [9.17, 15) is 0 Å². The zero-order chi connectivity index (χ0) is 5.86. The summed E-state index contributed by atoms with van der Waals surface area (Å²) in [5.74, 6) is 0. The minimum Gasteiger partial charge on any atom is -0.240 e. The Balaban J connectivity index is 3.34. The lowest BCUT2D eigenvalue weighted by molar-refractivity contribution is 1.00. The van der Waals surface area contributed by atoms with Crippen LogP contribution in [0.1, 0.15) is 6.92 Å². The number of hydrogen-bond donors (Lipinski definition) is 1. The summed E-state index contributed by atoms with van der Waals surface area (Å²) in [6.45, 7) is 5.50. The summed E-state index contributed by atoms with van der Waals surface area (Å²) in [6.07, 6.45) is 0. The maximum absolute atomic E-state index is 5.58. The van der Waals surface area contributed by atoms with Crippen molar-refractivity contribution in [3.8, 4) is 0 Å². The molecule has 1 N–H and O–H groups in total. The molecule has 0 saturated carbocycles. The van der Waals surface area contributed by atoms with Crippen LogP contribution in [0.2, 0.25) is 0 Å². The Hall–Kier alpha value is 0.720. The summed E-state index contributed by atoms with van der Waals surface area (Å²) in [4.78, 5) is 0. The van der Waals surface area contributed by atoms with Gasteiger partial charge < -0.3 is 0 Å². The summed E-state index contributed by atoms with van der Waals surface area (Å²) < 4.78 is 2.80. The first kappa shape index (κ1) is 7.72. The molecule has 0 aromatic carbocycles. The monoisotopic (exact) mass is 231 g/mol. The van der Waals surface area contributed by atoms with Crippen molar-refractivity contribution < 1.29 is 0 Å². The summed E-state index contributed by atoms with van der Waals surface area (Å²) in [6, 6.07) is 0. The van der Waals surface area contributed by atoms with Crippen molar-refractivity contribution in [2.45, 2.75) is 12.4 Å². The first-order valence-corrected chi connectivity index (χ1v) is 3.35. The zero-order valence-electron chi connectivity index (χ0n) is 4.04. The van der Waals surface area contributed by atoms with E-state index in [1.54, 1.807) is 0 Å². The van der Waals surface area contributed by atoms with Crippen LogP contribution in [0.15, 0.2) is 12.2 Å². The molecule has 1 atom stereocenters. The van der Waals surface area contributed by atoms with E-state index in [4.69, 9.17) is 11.6 Å². The largest absolute Gasteiger partial charge is 0.240 e. The van der Waals surface area contributed by atoms with Crippen molar-refractivity contribution in [3.63, 3.8) is 0 Å². The predicted octanol–water partition coefficient (Wildman–Crippen LogP) is 2.07. The van der Waals surface area contributed by atoms with Gasteiger partial charge in [-0.05, 0) is 12.5 Å². The third kappa shape index (κ3) is 3.32. The molecule has 0 heterocycles. The summed E-state index contributed by atoms with van der Waals surface area (Å²) in [7, 11) is 0. The Morgan fingerprint density at radius 3 is 2.43 bits per heavy atom. The van der Waals surface area contributed by atoms with E-state index in [0.29, 0.717) is 0 Å². The molecule has 0 amide bonds. The first-order valence-electron chi connectivity index (χ1n) is 1.84. The second-order valence-electron chi connectivity index (χ2n) is 1.32. The van der Waals surface area contributed by atoms with Gasteiger partial charge in [0.05, 0.1) is 0 Å². The molecule has 0 saturated heterocycles. The van der Waals surface area contributed by atoms with Crippen molar-refractivity contribution in [1.29, 1.82) is 0 Å². The molecular formula is C4H7ClIN. The van der Waals surface area contributed by atoms with E-state index in [-0.39, 0.29) is 5.50 Å². The number of nitrogens with one attached hydrogen (secondary N) is 1. The lowest BCUT2D eigenvalue weighted by Crippen LogP contribution is -2.11. The molecule has 0 aromatic heterocycles. The standard InChI is InChI=1S/C4H7ClIN/c1-3(2)4(5)7-6/h4,7H,1H2,2H3. The fourth-order valence-corrected chi connectivity index (χ4v) is 0.625. The van der Waals surface area contributed by atoms with Gasteiger partial charge in [0.1, 0.15) is 5.50 Å². The molecule has 1 unspecified atom stereocenters. The maximum atomic E-state index is 5.58. The Morgan fingerprint density at radius 1 is 2.00 bits per heavy atom. The highest BCUT2D eigenvalue weighted by Crippen LogP contribution is 2.03. The summed E-state index contributed by atoms with van der Waals surface area (Å²) >= 11 is 7.57. The molecule has 0 aromatic rings. The molecular weight excluding hydrogens is 224 g/mol. The van der Waals surface area contributed by atoms with Crippen molar-refractivity contribution >= 4 is 34.5 Å². The molecule has 0 radical (unpaired) electrons. The minimum absolute atomic E-state index is 0.0828. The zero-order valence-corrected chi connectivity index (χ0v) is 6.95. The molecule has 3 heteroatoms. The molecule has 0 aliphatic heterocycles. The van der Waals surface area contributed by atoms with E-state index in [0.717, 1.165) is 5.57 Å². The molecule has 0 fully saturated rings. The van der Waals surface area contributed by atoms with Crippen molar-refractivity contribution in [3.05, 3.63) is 12.2 Å². The van der Waals surface area contributed by atoms with Gasteiger partial charge >= 0.3 is 0 Å². The van der Waals surface area contributed by atoms with Gasteiger partial charge in [0, 0.05) is 22.9 Å². The van der Waals surface area contributed by atoms with Crippen LogP contribution in [0.5, 0.6) is 0 Å². The van der Waals surface area contributed by atoms with Crippen LogP contribution in [0.25, 0.3) is 0 Å². The second kappa shape index (κ2) is 3.69. The van der Waals surface area contributed by atoms with Crippen molar-refractivity contribution in [2.24, 2.45) is 0 Å². The molecule has 0 aliphatic carbocycles. The van der Waals surface area contributed by atoms with Gasteiger partial charge in [0.15, 0.2) is 0 Å². The van der Waals surface area contributed by atoms with E-state index in [1.807, 2.05) is 29.8 Å². The third-order valence-electron chi connectivity index (χ3n) is 0.528. The SMILES string of the molecule is C=C(C)C(Cl)NI. The van der Waals surface area contributed by atoms with E-state index >= 15 is 0 Å². The number of rotatable bonds is 2. The van der Waals surface area contributed by atoms with Crippen LogP contribution in [0, 0.1) is 0 Å². The Kier molecular flexibility index (Phi) is 4.07.